The summed E-state index contributed by atoms with van der Waals surface area (Å²) in [6.45, 7) is 6.05. The highest BCUT2D eigenvalue weighted by Crippen LogP contribution is 2.33. The molecule has 1 unspecified atom stereocenters. The molecule has 0 spiro atoms. The fourth-order valence-electron chi connectivity index (χ4n) is 1.98. The first kappa shape index (κ1) is 9.26. The summed E-state index contributed by atoms with van der Waals surface area (Å²) < 4.78 is 0. The van der Waals surface area contributed by atoms with Crippen molar-refractivity contribution in [3.63, 3.8) is 0 Å². The van der Waals surface area contributed by atoms with E-state index >= 15 is 0 Å². The van der Waals surface area contributed by atoms with Crippen molar-refractivity contribution in [2.45, 2.75) is 25.7 Å². The van der Waals surface area contributed by atoms with Crippen molar-refractivity contribution in [3.8, 4) is 0 Å². The third-order valence-electron chi connectivity index (χ3n) is 2.79. The third-order valence-corrected chi connectivity index (χ3v) is 2.79. The third kappa shape index (κ3) is 1.79. The molecule has 0 saturated carbocycles. The van der Waals surface area contributed by atoms with Gasteiger partial charge in [-0.25, -0.2) is 0 Å². The van der Waals surface area contributed by atoms with Gasteiger partial charge in [0.05, 0.1) is 0 Å². The van der Waals surface area contributed by atoms with Gasteiger partial charge in [-0.3, -0.25) is 0 Å². The van der Waals surface area contributed by atoms with Crippen LogP contribution < -0.4 is 0 Å². The zero-order valence-corrected chi connectivity index (χ0v) is 8.66. The summed E-state index contributed by atoms with van der Waals surface area (Å²) in [5, 5.41) is 0. The number of rotatable bonds is 3. The van der Waals surface area contributed by atoms with Crippen LogP contribution in [0.2, 0.25) is 0 Å². The fourth-order valence-corrected chi connectivity index (χ4v) is 1.98. The molecule has 0 aliphatic heterocycles. The van der Waals surface area contributed by atoms with Crippen LogP contribution in [-0.4, -0.2) is 0 Å². The summed E-state index contributed by atoms with van der Waals surface area (Å²) in [7, 11) is 0. The van der Waals surface area contributed by atoms with E-state index < -0.39 is 0 Å². The maximum absolute atomic E-state index is 3.95. The topological polar surface area (TPSA) is 0 Å². The van der Waals surface area contributed by atoms with Crippen LogP contribution in [0.1, 0.15) is 36.8 Å². The van der Waals surface area contributed by atoms with Gasteiger partial charge in [-0.1, -0.05) is 42.0 Å². The Morgan fingerprint density at radius 2 is 2.14 bits per heavy atom. The van der Waals surface area contributed by atoms with Crippen molar-refractivity contribution in [1.29, 1.82) is 0 Å². The largest absolute Gasteiger partial charge is 0.100 e. The van der Waals surface area contributed by atoms with E-state index in [2.05, 4.69) is 49.9 Å². The van der Waals surface area contributed by atoms with E-state index in [4.69, 9.17) is 0 Å². The average Bonchev–Trinajstić information content (AvgIpc) is 2.58. The predicted octanol–water partition coefficient (Wildman–Crippen LogP) is 4.15. The first-order valence-corrected chi connectivity index (χ1v) is 5.19. The van der Waals surface area contributed by atoms with Gasteiger partial charge < -0.3 is 0 Å². The number of fused-ring (bicyclic) bond motifs is 1. The molecule has 0 nitrogen and oxygen atoms in total. The first-order chi connectivity index (χ1) is 6.77. The number of hydrogen-bond acceptors (Lipinski definition) is 0. The van der Waals surface area contributed by atoms with Crippen molar-refractivity contribution in [2.24, 2.45) is 0 Å². The first-order valence-electron chi connectivity index (χ1n) is 5.19. The lowest BCUT2D eigenvalue weighted by Crippen LogP contribution is -1.93. The second kappa shape index (κ2) is 3.83. The van der Waals surface area contributed by atoms with E-state index in [1.165, 1.54) is 23.1 Å². The summed E-state index contributed by atoms with van der Waals surface area (Å²) in [5.41, 5.74) is 4.15. The van der Waals surface area contributed by atoms with Gasteiger partial charge in [0.15, 0.2) is 0 Å². The summed E-state index contributed by atoms with van der Waals surface area (Å²) in [5.74, 6) is 0.614. The Morgan fingerprint density at radius 3 is 2.93 bits per heavy atom. The van der Waals surface area contributed by atoms with Gasteiger partial charge >= 0.3 is 0 Å². The molecule has 1 aromatic rings. The van der Waals surface area contributed by atoms with Gasteiger partial charge in [-0.2, -0.15) is 0 Å². The molecule has 1 aliphatic rings. The van der Waals surface area contributed by atoms with Crippen LogP contribution in [0.5, 0.6) is 0 Å². The second-order valence-electron chi connectivity index (χ2n) is 4.09. The molecule has 0 radical (unpaired) electrons. The lowest BCUT2D eigenvalue weighted by atomic mass is 9.95. The molecule has 0 aromatic heterocycles. The molecule has 0 N–H and O–H groups in total. The monoisotopic (exact) mass is 184 g/mol. The predicted molar refractivity (Wildman–Crippen MR) is 62.3 cm³/mol. The maximum Gasteiger partial charge on any atom is 0.00302 e. The summed E-state index contributed by atoms with van der Waals surface area (Å²) in [6, 6.07) is 8.65. The van der Waals surface area contributed by atoms with Gasteiger partial charge in [0.25, 0.3) is 0 Å². The van der Waals surface area contributed by atoms with Gasteiger partial charge in [0.2, 0.25) is 0 Å². The van der Waals surface area contributed by atoms with Crippen molar-refractivity contribution in [1.82, 2.24) is 0 Å². The molecule has 14 heavy (non-hydrogen) atoms. The van der Waals surface area contributed by atoms with Crippen molar-refractivity contribution in [3.05, 3.63) is 53.6 Å². The average molecular weight is 184 g/mol. The van der Waals surface area contributed by atoms with Gasteiger partial charge in [0.1, 0.15) is 0 Å². The minimum Gasteiger partial charge on any atom is -0.100 e. The molecule has 1 atom stereocenters. The molecule has 72 valence electrons. The van der Waals surface area contributed by atoms with E-state index in [-0.39, 0.29) is 0 Å². The number of benzene rings is 1. The Kier molecular flexibility index (Phi) is 2.53. The number of hydrogen-bond donors (Lipinski definition) is 0. The SMILES string of the molecule is C=C(C)CCC1C=Cc2ccccc21. The highest BCUT2D eigenvalue weighted by Gasteiger charge is 2.15. The van der Waals surface area contributed by atoms with Crippen LogP contribution in [0.25, 0.3) is 6.08 Å². The smallest absolute Gasteiger partial charge is 0.00302 e. The molecule has 0 heterocycles. The van der Waals surface area contributed by atoms with E-state index in [0.29, 0.717) is 5.92 Å². The van der Waals surface area contributed by atoms with Gasteiger partial charge in [0, 0.05) is 5.92 Å². The molecule has 2 rings (SSSR count). The molecule has 0 fully saturated rings. The van der Waals surface area contributed by atoms with Crippen molar-refractivity contribution >= 4 is 6.08 Å². The Balaban J connectivity index is 2.11. The molecule has 0 amide bonds. The van der Waals surface area contributed by atoms with E-state index in [1.807, 2.05) is 0 Å². The molecular formula is C14H16. The van der Waals surface area contributed by atoms with Gasteiger partial charge in [-0.05, 0) is 30.9 Å². The Labute approximate surface area is 86.0 Å². The normalized spacial score (nSPS) is 18.2. The summed E-state index contributed by atoms with van der Waals surface area (Å²) in [6.07, 6.45) is 6.87. The standard InChI is InChI=1S/C14H16/c1-11(2)7-8-13-10-9-12-5-3-4-6-14(12)13/h3-6,9-10,13H,1,7-8H2,2H3. The van der Waals surface area contributed by atoms with Crippen LogP contribution in [0.4, 0.5) is 0 Å². The van der Waals surface area contributed by atoms with E-state index in [1.54, 1.807) is 0 Å². The fraction of sp³-hybridized carbons (Fsp3) is 0.286. The summed E-state index contributed by atoms with van der Waals surface area (Å²) in [4.78, 5) is 0. The second-order valence-corrected chi connectivity index (χ2v) is 4.09. The van der Waals surface area contributed by atoms with Crippen LogP contribution >= 0.6 is 0 Å². The van der Waals surface area contributed by atoms with E-state index in [0.717, 1.165) is 6.42 Å². The molecule has 0 heteroatoms. The molecule has 0 bridgehead atoms. The maximum atomic E-state index is 3.95. The molecule has 1 aliphatic carbocycles. The minimum atomic E-state index is 0.614. The van der Waals surface area contributed by atoms with Crippen LogP contribution in [0.15, 0.2) is 42.5 Å². The summed E-state index contributed by atoms with van der Waals surface area (Å²) >= 11 is 0. The highest BCUT2D eigenvalue weighted by atomic mass is 14.2. The van der Waals surface area contributed by atoms with E-state index in [9.17, 15) is 0 Å². The van der Waals surface area contributed by atoms with Gasteiger partial charge in [-0.15, -0.1) is 6.58 Å². The van der Waals surface area contributed by atoms with Crippen LogP contribution in [0, 0.1) is 0 Å². The lowest BCUT2D eigenvalue weighted by molar-refractivity contribution is 0.741. The quantitative estimate of drug-likeness (QED) is 0.619. The van der Waals surface area contributed by atoms with Crippen molar-refractivity contribution in [2.75, 3.05) is 0 Å². The van der Waals surface area contributed by atoms with Crippen LogP contribution in [0.3, 0.4) is 0 Å². The highest BCUT2D eigenvalue weighted by molar-refractivity contribution is 5.62. The Bertz CT molecular complexity index is 371. The molecular weight excluding hydrogens is 168 g/mol. The Morgan fingerprint density at radius 1 is 1.36 bits per heavy atom. The molecule has 0 saturated heterocycles. The zero-order chi connectivity index (χ0) is 9.97. The lowest BCUT2D eigenvalue weighted by Gasteiger charge is -2.10. The van der Waals surface area contributed by atoms with Crippen LogP contribution in [-0.2, 0) is 0 Å². The number of allylic oxidation sites excluding steroid dienone is 2. The Hall–Kier alpha value is -1.30. The molecule has 1 aromatic carbocycles. The zero-order valence-electron chi connectivity index (χ0n) is 8.66. The minimum absolute atomic E-state index is 0.614. The van der Waals surface area contributed by atoms with Crippen molar-refractivity contribution < 1.29 is 0 Å².